The van der Waals surface area contributed by atoms with Gasteiger partial charge in [0.1, 0.15) is 5.75 Å². The highest BCUT2D eigenvalue weighted by molar-refractivity contribution is 9.09. The lowest BCUT2D eigenvalue weighted by atomic mass is 9.63. The first-order chi connectivity index (χ1) is 9.29. The fourth-order valence-corrected chi connectivity index (χ4v) is 4.69. The van der Waals surface area contributed by atoms with Crippen molar-refractivity contribution in [1.82, 2.24) is 0 Å². The molecule has 1 aromatic rings. The fourth-order valence-electron chi connectivity index (χ4n) is 3.52. The Hall–Kier alpha value is -0.500. The first kappa shape index (κ1) is 13.5. The summed E-state index contributed by atoms with van der Waals surface area (Å²) in [6, 6.07) is 8.62. The summed E-state index contributed by atoms with van der Waals surface area (Å²) >= 11 is 4.01. The minimum Gasteiger partial charge on any atom is -0.497 e. The molecule has 19 heavy (non-hydrogen) atoms. The molecule has 0 bridgehead atoms. The second-order valence-corrected chi connectivity index (χ2v) is 7.12. The van der Waals surface area contributed by atoms with Gasteiger partial charge in [0.05, 0.1) is 7.11 Å². The minimum atomic E-state index is 0.522. The summed E-state index contributed by atoms with van der Waals surface area (Å²) < 4.78 is 5.25. The number of methoxy groups -OCH3 is 1. The molecule has 0 aromatic heterocycles. The average molecular weight is 323 g/mol. The monoisotopic (exact) mass is 322 g/mol. The number of ether oxygens (including phenoxy) is 1. The topological polar surface area (TPSA) is 9.23 Å². The Balaban J connectivity index is 1.75. The van der Waals surface area contributed by atoms with Crippen LogP contribution in [0.4, 0.5) is 0 Å². The first-order valence-electron chi connectivity index (χ1n) is 7.57. The van der Waals surface area contributed by atoms with Gasteiger partial charge in [-0.2, -0.15) is 0 Å². The summed E-state index contributed by atoms with van der Waals surface area (Å²) in [5.41, 5.74) is 1.42. The van der Waals surface area contributed by atoms with Crippen LogP contribution in [0.25, 0.3) is 0 Å². The summed E-state index contributed by atoms with van der Waals surface area (Å²) in [6.45, 7) is 0. The number of alkyl halides is 1. The molecule has 104 valence electrons. The van der Waals surface area contributed by atoms with Crippen molar-refractivity contribution in [3.05, 3.63) is 29.8 Å². The molecule has 2 heteroatoms. The number of rotatable bonds is 5. The van der Waals surface area contributed by atoms with Crippen LogP contribution in [-0.2, 0) is 0 Å². The van der Waals surface area contributed by atoms with Gasteiger partial charge in [0.2, 0.25) is 0 Å². The van der Waals surface area contributed by atoms with Gasteiger partial charge >= 0.3 is 0 Å². The lowest BCUT2D eigenvalue weighted by Gasteiger charge is -2.45. The molecule has 0 aliphatic heterocycles. The lowest BCUT2D eigenvalue weighted by molar-refractivity contribution is 0.0919. The Kier molecular flexibility index (Phi) is 4.16. The third-order valence-electron chi connectivity index (χ3n) is 5.16. The predicted molar refractivity (Wildman–Crippen MR) is 82.8 cm³/mol. The second-order valence-electron chi connectivity index (χ2n) is 6.13. The number of benzene rings is 1. The summed E-state index contributed by atoms with van der Waals surface area (Å²) in [4.78, 5) is 0.522. The van der Waals surface area contributed by atoms with Crippen molar-refractivity contribution in [1.29, 1.82) is 0 Å². The van der Waals surface area contributed by atoms with E-state index in [-0.39, 0.29) is 0 Å². The van der Waals surface area contributed by atoms with E-state index in [9.17, 15) is 0 Å². The summed E-state index contributed by atoms with van der Waals surface area (Å²) in [5.74, 6) is 3.71. The molecule has 1 atom stereocenters. The van der Waals surface area contributed by atoms with Crippen molar-refractivity contribution in [3.8, 4) is 5.75 Å². The van der Waals surface area contributed by atoms with Crippen molar-refractivity contribution >= 4 is 15.9 Å². The number of halogens is 1. The van der Waals surface area contributed by atoms with Crippen LogP contribution < -0.4 is 4.74 Å². The molecular formula is C17H23BrO. The molecule has 0 heterocycles. The van der Waals surface area contributed by atoms with Crippen molar-refractivity contribution in [3.63, 3.8) is 0 Å². The maximum Gasteiger partial charge on any atom is 0.118 e. The normalized spacial score (nSPS) is 21.8. The SMILES string of the molecule is COc1ccc(C(Br)C(C2CCC2)C2CCC2)cc1. The standard InChI is InChI=1S/C17H23BrO/c1-19-15-10-8-14(9-11-15)17(18)16(12-4-2-5-12)13-6-3-7-13/h8-13,16-17H,2-7H2,1H3. The van der Waals surface area contributed by atoms with Gasteiger partial charge in [0.15, 0.2) is 0 Å². The minimum absolute atomic E-state index is 0.522. The average Bonchev–Trinajstić information content (AvgIpc) is 2.33. The van der Waals surface area contributed by atoms with Crippen LogP contribution >= 0.6 is 15.9 Å². The highest BCUT2D eigenvalue weighted by atomic mass is 79.9. The molecular weight excluding hydrogens is 300 g/mol. The van der Waals surface area contributed by atoms with E-state index in [4.69, 9.17) is 4.74 Å². The van der Waals surface area contributed by atoms with Gasteiger partial charge in [0.25, 0.3) is 0 Å². The molecule has 0 spiro atoms. The van der Waals surface area contributed by atoms with Gasteiger partial charge in [-0.25, -0.2) is 0 Å². The van der Waals surface area contributed by atoms with Gasteiger partial charge in [-0.15, -0.1) is 0 Å². The van der Waals surface area contributed by atoms with E-state index < -0.39 is 0 Å². The molecule has 1 aromatic carbocycles. The molecule has 1 nitrogen and oxygen atoms in total. The zero-order chi connectivity index (χ0) is 13.2. The van der Waals surface area contributed by atoms with Gasteiger partial charge in [-0.05, 0) is 35.4 Å². The first-order valence-corrected chi connectivity index (χ1v) is 8.49. The molecule has 1 unspecified atom stereocenters. The largest absolute Gasteiger partial charge is 0.497 e. The summed E-state index contributed by atoms with van der Waals surface area (Å²) in [5, 5.41) is 0. The van der Waals surface area contributed by atoms with E-state index in [0.29, 0.717) is 4.83 Å². The van der Waals surface area contributed by atoms with Gasteiger partial charge in [-0.1, -0.05) is 66.6 Å². The van der Waals surface area contributed by atoms with Crippen LogP contribution in [0.1, 0.15) is 48.9 Å². The third-order valence-corrected chi connectivity index (χ3v) is 6.30. The summed E-state index contributed by atoms with van der Waals surface area (Å²) in [6.07, 6.45) is 8.66. The van der Waals surface area contributed by atoms with Crippen molar-refractivity contribution in [2.45, 2.75) is 43.4 Å². The van der Waals surface area contributed by atoms with Crippen molar-refractivity contribution < 1.29 is 4.74 Å². The fraction of sp³-hybridized carbons (Fsp3) is 0.647. The van der Waals surface area contributed by atoms with Gasteiger partial charge in [0, 0.05) is 4.83 Å². The molecule has 0 amide bonds. The second kappa shape index (κ2) is 5.87. The van der Waals surface area contributed by atoms with Crippen LogP contribution in [0.5, 0.6) is 5.75 Å². The predicted octanol–water partition coefficient (Wildman–Crippen LogP) is 5.35. The van der Waals surface area contributed by atoms with Crippen LogP contribution in [0.2, 0.25) is 0 Å². The lowest BCUT2D eigenvalue weighted by Crippen LogP contribution is -2.34. The smallest absolute Gasteiger partial charge is 0.118 e. The van der Waals surface area contributed by atoms with Crippen LogP contribution in [0.3, 0.4) is 0 Å². The van der Waals surface area contributed by atoms with Gasteiger partial charge in [-0.3, -0.25) is 0 Å². The van der Waals surface area contributed by atoms with Crippen LogP contribution in [0.15, 0.2) is 24.3 Å². The molecule has 2 fully saturated rings. The zero-order valence-corrected chi connectivity index (χ0v) is 13.2. The molecule has 0 saturated heterocycles. The Morgan fingerprint density at radius 3 is 1.89 bits per heavy atom. The Morgan fingerprint density at radius 1 is 1.00 bits per heavy atom. The highest BCUT2D eigenvalue weighted by Gasteiger charge is 2.40. The Morgan fingerprint density at radius 2 is 1.53 bits per heavy atom. The van der Waals surface area contributed by atoms with E-state index in [1.54, 1.807) is 7.11 Å². The molecule has 2 saturated carbocycles. The molecule has 2 aliphatic carbocycles. The van der Waals surface area contributed by atoms with Crippen LogP contribution in [-0.4, -0.2) is 7.11 Å². The molecule has 2 aliphatic rings. The van der Waals surface area contributed by atoms with Crippen LogP contribution in [0, 0.1) is 17.8 Å². The molecule has 0 radical (unpaired) electrons. The number of hydrogen-bond donors (Lipinski definition) is 0. The zero-order valence-electron chi connectivity index (χ0n) is 11.6. The van der Waals surface area contributed by atoms with E-state index in [2.05, 4.69) is 40.2 Å². The third kappa shape index (κ3) is 2.69. The quantitative estimate of drug-likeness (QED) is 0.664. The van der Waals surface area contributed by atoms with E-state index in [1.165, 1.54) is 44.1 Å². The maximum atomic E-state index is 5.25. The number of hydrogen-bond acceptors (Lipinski definition) is 1. The van der Waals surface area contributed by atoms with Crippen molar-refractivity contribution in [2.24, 2.45) is 17.8 Å². The summed E-state index contributed by atoms with van der Waals surface area (Å²) in [7, 11) is 1.73. The Labute approximate surface area is 124 Å². The van der Waals surface area contributed by atoms with E-state index in [1.807, 2.05) is 0 Å². The van der Waals surface area contributed by atoms with E-state index in [0.717, 1.165) is 23.5 Å². The van der Waals surface area contributed by atoms with Crippen molar-refractivity contribution in [2.75, 3.05) is 7.11 Å². The molecule has 0 N–H and O–H groups in total. The van der Waals surface area contributed by atoms with E-state index >= 15 is 0 Å². The maximum absolute atomic E-state index is 5.25. The molecule has 3 rings (SSSR count). The Bertz CT molecular complexity index is 392. The highest BCUT2D eigenvalue weighted by Crippen LogP contribution is 2.52. The van der Waals surface area contributed by atoms with Gasteiger partial charge < -0.3 is 4.74 Å².